The largest absolute Gasteiger partial charge is 0.471 e. The highest BCUT2D eigenvalue weighted by atomic mass is 32.2. The molecule has 0 aliphatic rings. The van der Waals surface area contributed by atoms with Crippen LogP contribution in [0.5, 0.6) is 0 Å². The Balaban J connectivity index is 2.57. The number of carbonyl (C=O) groups is 1. The van der Waals surface area contributed by atoms with Crippen molar-refractivity contribution < 1.29 is 26.4 Å². The first kappa shape index (κ1) is 14.3. The molecule has 1 aromatic carbocycles. The van der Waals surface area contributed by atoms with Gasteiger partial charge in [-0.05, 0) is 17.7 Å². The third-order valence-electron chi connectivity index (χ3n) is 1.88. The molecule has 0 radical (unpaired) electrons. The number of halogens is 3. The van der Waals surface area contributed by atoms with Gasteiger partial charge in [-0.15, -0.1) is 0 Å². The highest BCUT2D eigenvalue weighted by molar-refractivity contribution is 7.73. The Hall–Kier alpha value is -1.77. The van der Waals surface area contributed by atoms with Gasteiger partial charge in [0, 0.05) is 12.2 Å². The third-order valence-corrected chi connectivity index (χ3v) is 2.33. The van der Waals surface area contributed by atoms with Crippen molar-refractivity contribution in [3.8, 4) is 0 Å². The van der Waals surface area contributed by atoms with Crippen molar-refractivity contribution in [3.05, 3.63) is 29.8 Å². The molecule has 0 saturated heterocycles. The number of amides is 1. The summed E-state index contributed by atoms with van der Waals surface area (Å²) in [5.74, 6) is -2.02. The van der Waals surface area contributed by atoms with E-state index in [2.05, 4.69) is 4.72 Å². The number of hydrogen-bond donors (Lipinski definition) is 3. The van der Waals surface area contributed by atoms with Gasteiger partial charge in [-0.25, -0.2) is 8.42 Å². The van der Waals surface area contributed by atoms with Gasteiger partial charge in [0.15, 0.2) is 0 Å². The van der Waals surface area contributed by atoms with Crippen molar-refractivity contribution >= 4 is 22.5 Å². The summed E-state index contributed by atoms with van der Waals surface area (Å²) in [6.45, 7) is -0.290. The average Bonchev–Trinajstić information content (AvgIpc) is 2.25. The van der Waals surface area contributed by atoms with Crippen molar-refractivity contribution in [2.75, 3.05) is 4.72 Å². The van der Waals surface area contributed by atoms with Crippen LogP contribution in [0.3, 0.4) is 0 Å². The molecule has 1 aromatic rings. The number of anilines is 1. The molecule has 0 spiro atoms. The van der Waals surface area contributed by atoms with E-state index >= 15 is 0 Å². The monoisotopic (exact) mass is 282 g/mol. The summed E-state index contributed by atoms with van der Waals surface area (Å²) in [4.78, 5) is 10.5. The molecule has 0 atom stereocenters. The molecule has 2 N–H and O–H groups in total. The van der Waals surface area contributed by atoms with Crippen molar-refractivity contribution in [1.29, 1.82) is 0 Å². The summed E-state index contributed by atoms with van der Waals surface area (Å²) in [7, 11) is -2.79. The number of carbonyl (C=O) groups excluding carboxylic acids is 1. The van der Waals surface area contributed by atoms with Crippen molar-refractivity contribution in [1.82, 2.24) is 5.32 Å². The van der Waals surface area contributed by atoms with E-state index in [1.807, 2.05) is 0 Å². The van der Waals surface area contributed by atoms with Gasteiger partial charge < -0.3 is 5.32 Å². The maximum absolute atomic E-state index is 11.9. The smallest absolute Gasteiger partial charge is 0.344 e. The summed E-state index contributed by atoms with van der Waals surface area (Å²) >= 11 is 0. The van der Waals surface area contributed by atoms with E-state index in [0.717, 1.165) is 0 Å². The molecule has 100 valence electrons. The zero-order chi connectivity index (χ0) is 13.8. The average molecular weight is 282 g/mol. The molecule has 1 amide bonds. The molecule has 9 heteroatoms. The van der Waals surface area contributed by atoms with E-state index in [4.69, 9.17) is 0 Å². The molecule has 0 aromatic heterocycles. The molecule has 0 bridgehead atoms. The number of rotatable bonds is 4. The van der Waals surface area contributed by atoms with Crippen molar-refractivity contribution in [3.63, 3.8) is 0 Å². The minimum absolute atomic E-state index is 0.289. The van der Waals surface area contributed by atoms with Gasteiger partial charge in [0.2, 0.25) is 10.9 Å². The minimum atomic E-state index is -4.91. The highest BCUT2D eigenvalue weighted by Crippen LogP contribution is 2.15. The van der Waals surface area contributed by atoms with Crippen LogP contribution in [0.4, 0.5) is 18.9 Å². The summed E-state index contributed by atoms with van der Waals surface area (Å²) < 4.78 is 58.4. The van der Waals surface area contributed by atoms with Crippen LogP contribution >= 0.6 is 0 Å². The van der Waals surface area contributed by atoms with E-state index in [-0.39, 0.29) is 12.2 Å². The fourth-order valence-corrected chi connectivity index (χ4v) is 1.44. The number of hydrogen-bond acceptors (Lipinski definition) is 3. The number of alkyl halides is 3. The first-order valence-electron chi connectivity index (χ1n) is 4.64. The van der Waals surface area contributed by atoms with Crippen LogP contribution in [0.2, 0.25) is 0 Å². The summed E-state index contributed by atoms with van der Waals surface area (Å²) in [6.07, 6.45) is -4.91. The lowest BCUT2D eigenvalue weighted by molar-refractivity contribution is -0.173. The van der Waals surface area contributed by atoms with E-state index in [1.54, 1.807) is 5.32 Å². The van der Waals surface area contributed by atoms with Crippen LogP contribution in [-0.2, 0) is 22.2 Å². The molecule has 0 unspecified atom stereocenters. The highest BCUT2D eigenvalue weighted by Gasteiger charge is 2.38. The van der Waals surface area contributed by atoms with Gasteiger partial charge in [-0.2, -0.15) is 13.2 Å². The second-order valence-corrected chi connectivity index (χ2v) is 3.98. The fraction of sp³-hybridized carbons (Fsp3) is 0.222. The quantitative estimate of drug-likeness (QED) is 0.715. The SMILES string of the molecule is O=C(NCc1ccc(N[SH](=O)=O)cc1)C(F)(F)F. The molecular weight excluding hydrogens is 273 g/mol. The predicted molar refractivity (Wildman–Crippen MR) is 58.3 cm³/mol. The van der Waals surface area contributed by atoms with Gasteiger partial charge in [-0.3, -0.25) is 9.52 Å². The summed E-state index contributed by atoms with van der Waals surface area (Å²) in [6, 6.07) is 5.55. The predicted octanol–water partition coefficient (Wildman–Crippen LogP) is 0.803. The standard InChI is InChI=1S/C9H9F3N2O3S/c10-9(11,12)8(15)13-5-6-1-3-7(4-2-6)14-18(16)17/h1-4,18H,5H2,(H,13,15)(H,14,16,17). The zero-order valence-electron chi connectivity index (χ0n) is 8.82. The van der Waals surface area contributed by atoms with Gasteiger partial charge in [0.25, 0.3) is 0 Å². The Morgan fingerprint density at radius 3 is 2.17 bits per heavy atom. The summed E-state index contributed by atoms with van der Waals surface area (Å²) in [5, 5.41) is 1.70. The number of thiol groups is 1. The van der Waals surface area contributed by atoms with Crippen LogP contribution in [0, 0.1) is 0 Å². The molecular formula is C9H9F3N2O3S. The Morgan fingerprint density at radius 2 is 1.72 bits per heavy atom. The van der Waals surface area contributed by atoms with E-state index < -0.39 is 23.0 Å². The topological polar surface area (TPSA) is 75.3 Å². The number of benzene rings is 1. The molecule has 1 rings (SSSR count). The second-order valence-electron chi connectivity index (χ2n) is 3.25. The van der Waals surface area contributed by atoms with Gasteiger partial charge >= 0.3 is 12.1 Å². The third kappa shape index (κ3) is 4.62. The lowest BCUT2D eigenvalue weighted by atomic mass is 10.2. The summed E-state index contributed by atoms with van der Waals surface area (Å²) in [5.41, 5.74) is 0.705. The molecule has 5 nitrogen and oxygen atoms in total. The van der Waals surface area contributed by atoms with Crippen LogP contribution in [0.25, 0.3) is 0 Å². The molecule has 18 heavy (non-hydrogen) atoms. The van der Waals surface area contributed by atoms with E-state index in [9.17, 15) is 26.4 Å². The fourth-order valence-electron chi connectivity index (χ4n) is 1.09. The molecule has 0 aliphatic carbocycles. The molecule has 0 fully saturated rings. The van der Waals surface area contributed by atoms with Gasteiger partial charge in [-0.1, -0.05) is 12.1 Å². The lowest BCUT2D eigenvalue weighted by Gasteiger charge is -2.08. The van der Waals surface area contributed by atoms with Crippen molar-refractivity contribution in [2.45, 2.75) is 12.7 Å². The minimum Gasteiger partial charge on any atom is -0.344 e. The Bertz CT molecular complexity index is 489. The molecule has 0 aliphatic heterocycles. The van der Waals surface area contributed by atoms with E-state index in [1.165, 1.54) is 24.3 Å². The molecule has 0 saturated carbocycles. The van der Waals surface area contributed by atoms with Crippen LogP contribution < -0.4 is 10.0 Å². The zero-order valence-corrected chi connectivity index (χ0v) is 9.72. The van der Waals surface area contributed by atoms with Crippen LogP contribution in [0.1, 0.15) is 5.56 Å². The first-order valence-corrected chi connectivity index (χ1v) is 5.82. The Kier molecular flexibility index (Phi) is 4.54. The molecule has 0 heterocycles. The Labute approximate surface area is 102 Å². The van der Waals surface area contributed by atoms with Crippen molar-refractivity contribution in [2.24, 2.45) is 0 Å². The first-order chi connectivity index (χ1) is 8.29. The van der Waals surface area contributed by atoms with Crippen LogP contribution in [-0.4, -0.2) is 20.5 Å². The normalized spacial score (nSPS) is 11.3. The van der Waals surface area contributed by atoms with Gasteiger partial charge in [0.05, 0.1) is 0 Å². The number of nitrogens with one attached hydrogen (secondary N) is 2. The van der Waals surface area contributed by atoms with Gasteiger partial charge in [0.1, 0.15) is 0 Å². The second kappa shape index (κ2) is 5.71. The van der Waals surface area contributed by atoms with E-state index in [0.29, 0.717) is 5.56 Å². The Morgan fingerprint density at radius 1 is 1.17 bits per heavy atom. The van der Waals surface area contributed by atoms with Crippen LogP contribution in [0.15, 0.2) is 24.3 Å². The maximum Gasteiger partial charge on any atom is 0.471 e. The lowest BCUT2D eigenvalue weighted by Crippen LogP contribution is -2.36. The maximum atomic E-state index is 11.9.